The minimum Gasteiger partial charge on any atom is -0.508 e. The summed E-state index contributed by atoms with van der Waals surface area (Å²) in [7, 11) is 0. The molecular weight excluding hydrogens is 308 g/mol. The van der Waals surface area contributed by atoms with Crippen molar-refractivity contribution in [1.82, 2.24) is 0 Å². The second-order valence-electron chi connectivity index (χ2n) is 6.08. The Kier molecular flexibility index (Phi) is 7.54. The number of phenolic OH excluding ortho intramolecular Hbond substituents is 1. The summed E-state index contributed by atoms with van der Waals surface area (Å²) in [5, 5.41) is 10.1. The molecule has 0 radical (unpaired) electrons. The zero-order valence-corrected chi connectivity index (χ0v) is 14.6. The molecule has 0 aliphatic heterocycles. The van der Waals surface area contributed by atoms with Crippen molar-refractivity contribution in [3.05, 3.63) is 48.1 Å². The summed E-state index contributed by atoms with van der Waals surface area (Å²) in [5.41, 5.74) is 0.845. The van der Waals surface area contributed by atoms with E-state index in [1.807, 2.05) is 36.4 Å². The fourth-order valence-corrected chi connectivity index (χ4v) is 3.13. The number of allylic oxidation sites excluding steroid dienone is 4. The largest absolute Gasteiger partial charge is 0.508 e. The van der Waals surface area contributed by atoms with Gasteiger partial charge in [-0.2, -0.15) is 0 Å². The summed E-state index contributed by atoms with van der Waals surface area (Å²) < 4.78 is 5.74. The predicted octanol–water partition coefficient (Wildman–Crippen LogP) is 5.95. The first-order valence-corrected chi connectivity index (χ1v) is 9.10. The van der Waals surface area contributed by atoms with Crippen LogP contribution in [0, 0.1) is 0 Å². The van der Waals surface area contributed by atoms with Gasteiger partial charge >= 0.3 is 0 Å². The molecular formula is C20H27ClO2. The van der Waals surface area contributed by atoms with Gasteiger partial charge in [0.1, 0.15) is 11.5 Å². The quantitative estimate of drug-likeness (QED) is 0.446. The lowest BCUT2D eigenvalue weighted by Crippen LogP contribution is -2.10. The number of hydrogen-bond acceptors (Lipinski definition) is 2. The Hall–Kier alpha value is -1.41. The summed E-state index contributed by atoms with van der Waals surface area (Å²) >= 11 is 6.30. The summed E-state index contributed by atoms with van der Waals surface area (Å²) in [6.07, 6.45) is 15.3. The van der Waals surface area contributed by atoms with Crippen molar-refractivity contribution in [1.29, 1.82) is 0 Å². The van der Waals surface area contributed by atoms with Gasteiger partial charge in [0.25, 0.3) is 0 Å². The Morgan fingerprint density at radius 2 is 1.78 bits per heavy atom. The number of unbranched alkanes of at least 4 members (excludes halogenated alkanes) is 5. The van der Waals surface area contributed by atoms with E-state index in [0.717, 1.165) is 17.7 Å². The van der Waals surface area contributed by atoms with E-state index < -0.39 is 0 Å². The number of phenols is 1. The Morgan fingerprint density at radius 1 is 1.04 bits per heavy atom. The summed E-state index contributed by atoms with van der Waals surface area (Å²) in [5.74, 6) is 0.983. The van der Waals surface area contributed by atoms with Gasteiger partial charge < -0.3 is 9.84 Å². The van der Waals surface area contributed by atoms with Gasteiger partial charge in [-0.15, -0.1) is 11.6 Å². The lowest BCUT2D eigenvalue weighted by Gasteiger charge is -2.20. The van der Waals surface area contributed by atoms with E-state index in [-0.39, 0.29) is 17.0 Å². The van der Waals surface area contributed by atoms with Crippen molar-refractivity contribution < 1.29 is 9.84 Å². The summed E-state index contributed by atoms with van der Waals surface area (Å²) in [6, 6.07) is 5.53. The molecule has 0 aromatic heterocycles. The van der Waals surface area contributed by atoms with Crippen molar-refractivity contribution >= 4 is 11.6 Å². The number of aromatic hydroxyl groups is 1. The van der Waals surface area contributed by atoms with Gasteiger partial charge in [-0.1, -0.05) is 69.4 Å². The highest BCUT2D eigenvalue weighted by Crippen LogP contribution is 2.36. The third-order valence-corrected chi connectivity index (χ3v) is 4.61. The van der Waals surface area contributed by atoms with Crippen LogP contribution in [0.2, 0.25) is 0 Å². The van der Waals surface area contributed by atoms with Gasteiger partial charge in [0.05, 0.1) is 12.0 Å². The maximum Gasteiger partial charge on any atom is 0.123 e. The lowest BCUT2D eigenvalue weighted by atomic mass is 9.91. The topological polar surface area (TPSA) is 29.5 Å². The SMILES string of the molecule is CCCCCCCCOc1ccc(C2C=CC=CC2Cl)c(O)c1. The second-order valence-corrected chi connectivity index (χ2v) is 6.58. The van der Waals surface area contributed by atoms with E-state index in [1.165, 1.54) is 32.1 Å². The first-order valence-electron chi connectivity index (χ1n) is 8.67. The molecule has 23 heavy (non-hydrogen) atoms. The molecule has 0 amide bonds. The van der Waals surface area contributed by atoms with Crippen molar-refractivity contribution in [3.63, 3.8) is 0 Å². The number of halogens is 1. The normalized spacial score (nSPS) is 19.9. The van der Waals surface area contributed by atoms with Gasteiger partial charge in [-0.3, -0.25) is 0 Å². The van der Waals surface area contributed by atoms with E-state index >= 15 is 0 Å². The van der Waals surface area contributed by atoms with E-state index in [2.05, 4.69) is 6.92 Å². The highest BCUT2D eigenvalue weighted by atomic mass is 35.5. The van der Waals surface area contributed by atoms with Crippen LogP contribution in [0.1, 0.15) is 56.9 Å². The highest BCUT2D eigenvalue weighted by Gasteiger charge is 2.21. The van der Waals surface area contributed by atoms with Crippen molar-refractivity contribution in [2.45, 2.75) is 56.7 Å². The second kappa shape index (κ2) is 9.67. The standard InChI is InChI=1S/C20H27ClO2/c1-2-3-4-5-6-9-14-23-16-12-13-18(20(22)15-16)17-10-7-8-11-19(17)21/h7-8,10-13,15,17,19,22H,2-6,9,14H2,1H3. The molecule has 0 spiro atoms. The zero-order chi connectivity index (χ0) is 16.5. The number of hydrogen-bond donors (Lipinski definition) is 1. The van der Waals surface area contributed by atoms with Gasteiger partial charge in [0.15, 0.2) is 0 Å². The third kappa shape index (κ3) is 5.62. The lowest BCUT2D eigenvalue weighted by molar-refractivity contribution is 0.302. The Balaban J connectivity index is 1.80. The molecule has 3 heteroatoms. The van der Waals surface area contributed by atoms with E-state index in [4.69, 9.17) is 16.3 Å². The van der Waals surface area contributed by atoms with Gasteiger partial charge in [-0.05, 0) is 12.5 Å². The molecule has 126 valence electrons. The molecule has 2 unspecified atom stereocenters. The predicted molar refractivity (Wildman–Crippen MR) is 97.6 cm³/mol. The van der Waals surface area contributed by atoms with Crippen LogP contribution in [-0.2, 0) is 0 Å². The van der Waals surface area contributed by atoms with Crippen LogP contribution in [0.15, 0.2) is 42.5 Å². The molecule has 1 aromatic carbocycles. The molecule has 2 rings (SSSR count). The first-order chi connectivity index (χ1) is 11.2. The number of rotatable bonds is 9. The van der Waals surface area contributed by atoms with Crippen LogP contribution in [0.3, 0.4) is 0 Å². The monoisotopic (exact) mass is 334 g/mol. The van der Waals surface area contributed by atoms with E-state index in [9.17, 15) is 5.11 Å². The van der Waals surface area contributed by atoms with Crippen molar-refractivity contribution in [2.24, 2.45) is 0 Å². The van der Waals surface area contributed by atoms with Gasteiger partial charge in [-0.25, -0.2) is 0 Å². The number of alkyl halides is 1. The number of benzene rings is 1. The molecule has 0 fully saturated rings. The van der Waals surface area contributed by atoms with Crippen LogP contribution in [0.4, 0.5) is 0 Å². The van der Waals surface area contributed by atoms with Crippen LogP contribution in [-0.4, -0.2) is 17.1 Å². The van der Waals surface area contributed by atoms with Crippen molar-refractivity contribution in [3.8, 4) is 11.5 Å². The molecule has 2 atom stereocenters. The van der Waals surface area contributed by atoms with Gasteiger partial charge in [0.2, 0.25) is 0 Å². The minimum atomic E-state index is -0.124. The minimum absolute atomic E-state index is 0.00859. The van der Waals surface area contributed by atoms with Crippen LogP contribution in [0.25, 0.3) is 0 Å². The molecule has 0 saturated heterocycles. The molecule has 1 N–H and O–H groups in total. The average Bonchev–Trinajstić information content (AvgIpc) is 2.55. The zero-order valence-electron chi connectivity index (χ0n) is 13.9. The fraction of sp³-hybridized carbons (Fsp3) is 0.500. The van der Waals surface area contributed by atoms with Crippen LogP contribution in [0.5, 0.6) is 11.5 Å². The van der Waals surface area contributed by atoms with E-state index in [1.54, 1.807) is 6.07 Å². The number of ether oxygens (including phenoxy) is 1. The Bertz CT molecular complexity index is 536. The molecule has 1 aliphatic carbocycles. The van der Waals surface area contributed by atoms with Gasteiger partial charge in [0, 0.05) is 17.5 Å². The van der Waals surface area contributed by atoms with Crippen LogP contribution >= 0.6 is 11.6 Å². The van der Waals surface area contributed by atoms with Crippen LogP contribution < -0.4 is 4.74 Å². The summed E-state index contributed by atoms with van der Waals surface area (Å²) in [6.45, 7) is 2.93. The third-order valence-electron chi connectivity index (χ3n) is 4.20. The molecule has 0 heterocycles. The van der Waals surface area contributed by atoms with E-state index in [0.29, 0.717) is 6.61 Å². The molecule has 0 saturated carbocycles. The average molecular weight is 335 g/mol. The highest BCUT2D eigenvalue weighted by molar-refractivity contribution is 6.22. The molecule has 2 nitrogen and oxygen atoms in total. The molecule has 1 aromatic rings. The molecule has 0 bridgehead atoms. The Morgan fingerprint density at radius 3 is 2.52 bits per heavy atom. The molecule has 1 aliphatic rings. The maximum absolute atomic E-state index is 10.3. The fourth-order valence-electron chi connectivity index (χ4n) is 2.82. The smallest absolute Gasteiger partial charge is 0.123 e. The Labute approximate surface area is 144 Å². The summed E-state index contributed by atoms with van der Waals surface area (Å²) in [4.78, 5) is 0. The van der Waals surface area contributed by atoms with Crippen molar-refractivity contribution in [2.75, 3.05) is 6.61 Å². The maximum atomic E-state index is 10.3. The first kappa shape index (κ1) is 17.9.